The highest BCUT2D eigenvalue weighted by Crippen LogP contribution is 2.24. The molecular weight excluding hydrogens is 250 g/mol. The summed E-state index contributed by atoms with van der Waals surface area (Å²) in [5.41, 5.74) is 5.47. The number of anilines is 1. The molecule has 0 saturated heterocycles. The van der Waals surface area contributed by atoms with Crippen molar-refractivity contribution in [2.24, 2.45) is 5.73 Å². The zero-order valence-electron chi connectivity index (χ0n) is 9.97. The molecule has 102 valence electrons. The van der Waals surface area contributed by atoms with E-state index >= 15 is 0 Å². The molecule has 1 rings (SSSR count). The Morgan fingerprint density at radius 2 is 2.06 bits per heavy atom. The summed E-state index contributed by atoms with van der Waals surface area (Å²) in [6.45, 7) is 0.498. The number of hydrogen-bond donors (Lipinski definition) is 1. The summed E-state index contributed by atoms with van der Waals surface area (Å²) in [5.74, 6) is -1.07. The molecule has 2 N–H and O–H groups in total. The standard InChI is InChI=1S/C11H15F4N3/c1-2-5-18(7-11(13,14)15)10-9(12)8(6-16)3-4-17-10/h3-4H,2,5-7,16H2,1H3. The Kier molecular flexibility index (Phi) is 4.89. The summed E-state index contributed by atoms with van der Waals surface area (Å²) in [6.07, 6.45) is -2.67. The van der Waals surface area contributed by atoms with Crippen molar-refractivity contribution in [3.63, 3.8) is 0 Å². The Morgan fingerprint density at radius 3 is 2.56 bits per heavy atom. The zero-order valence-corrected chi connectivity index (χ0v) is 9.97. The zero-order chi connectivity index (χ0) is 13.8. The number of nitrogens with zero attached hydrogens (tertiary/aromatic N) is 2. The van der Waals surface area contributed by atoms with Gasteiger partial charge in [-0.1, -0.05) is 6.92 Å². The van der Waals surface area contributed by atoms with Crippen LogP contribution in [0.5, 0.6) is 0 Å². The average molecular weight is 265 g/mol. The number of nitrogens with two attached hydrogens (primary N) is 1. The van der Waals surface area contributed by atoms with Crippen LogP contribution in [0, 0.1) is 5.82 Å². The highest BCUT2D eigenvalue weighted by molar-refractivity contribution is 5.43. The van der Waals surface area contributed by atoms with Gasteiger partial charge in [0.05, 0.1) is 0 Å². The summed E-state index contributed by atoms with van der Waals surface area (Å²) in [5, 5.41) is 0. The Morgan fingerprint density at radius 1 is 1.39 bits per heavy atom. The summed E-state index contributed by atoms with van der Waals surface area (Å²) in [7, 11) is 0. The van der Waals surface area contributed by atoms with Crippen molar-refractivity contribution < 1.29 is 17.6 Å². The Labute approximate surface area is 103 Å². The molecule has 1 heterocycles. The highest BCUT2D eigenvalue weighted by atomic mass is 19.4. The van der Waals surface area contributed by atoms with E-state index in [0.29, 0.717) is 6.42 Å². The third kappa shape index (κ3) is 3.83. The van der Waals surface area contributed by atoms with E-state index < -0.39 is 18.5 Å². The predicted molar refractivity (Wildman–Crippen MR) is 60.6 cm³/mol. The summed E-state index contributed by atoms with van der Waals surface area (Å²) in [6, 6.07) is 1.36. The van der Waals surface area contributed by atoms with Crippen LogP contribution in [0.2, 0.25) is 0 Å². The van der Waals surface area contributed by atoms with Gasteiger partial charge < -0.3 is 10.6 Å². The summed E-state index contributed by atoms with van der Waals surface area (Å²) >= 11 is 0. The number of rotatable bonds is 5. The lowest BCUT2D eigenvalue weighted by atomic mass is 10.2. The maximum Gasteiger partial charge on any atom is 0.405 e. The van der Waals surface area contributed by atoms with Gasteiger partial charge in [-0.25, -0.2) is 9.37 Å². The molecule has 0 aliphatic carbocycles. The number of aromatic nitrogens is 1. The van der Waals surface area contributed by atoms with Crippen LogP contribution in [0.3, 0.4) is 0 Å². The second-order valence-corrected chi connectivity index (χ2v) is 3.85. The quantitative estimate of drug-likeness (QED) is 0.831. The number of hydrogen-bond acceptors (Lipinski definition) is 3. The highest BCUT2D eigenvalue weighted by Gasteiger charge is 2.32. The van der Waals surface area contributed by atoms with E-state index in [1.165, 1.54) is 12.3 Å². The van der Waals surface area contributed by atoms with Gasteiger partial charge >= 0.3 is 6.18 Å². The molecule has 7 heteroatoms. The van der Waals surface area contributed by atoms with E-state index in [1.807, 2.05) is 0 Å². The van der Waals surface area contributed by atoms with Gasteiger partial charge in [0.2, 0.25) is 0 Å². The van der Waals surface area contributed by atoms with E-state index in [1.54, 1.807) is 6.92 Å². The van der Waals surface area contributed by atoms with E-state index in [9.17, 15) is 17.6 Å². The third-order valence-electron chi connectivity index (χ3n) is 2.33. The van der Waals surface area contributed by atoms with E-state index in [2.05, 4.69) is 4.98 Å². The van der Waals surface area contributed by atoms with Crippen LogP contribution in [-0.2, 0) is 6.54 Å². The van der Waals surface area contributed by atoms with Crippen LogP contribution in [-0.4, -0.2) is 24.2 Å². The molecule has 0 aliphatic rings. The summed E-state index contributed by atoms with van der Waals surface area (Å²) in [4.78, 5) is 4.57. The first-order valence-electron chi connectivity index (χ1n) is 5.54. The van der Waals surface area contributed by atoms with Gasteiger partial charge in [0.1, 0.15) is 6.54 Å². The fourth-order valence-electron chi connectivity index (χ4n) is 1.60. The Balaban J connectivity index is 3.05. The van der Waals surface area contributed by atoms with Crippen LogP contribution in [0.4, 0.5) is 23.4 Å². The smallest absolute Gasteiger partial charge is 0.345 e. The van der Waals surface area contributed by atoms with Crippen LogP contribution in [0.1, 0.15) is 18.9 Å². The molecule has 18 heavy (non-hydrogen) atoms. The van der Waals surface area contributed by atoms with Crippen molar-refractivity contribution in [2.75, 3.05) is 18.0 Å². The molecule has 0 atom stereocenters. The fourth-order valence-corrected chi connectivity index (χ4v) is 1.60. The summed E-state index contributed by atoms with van der Waals surface area (Å²) < 4.78 is 51.1. The molecule has 0 unspecified atom stereocenters. The van der Waals surface area contributed by atoms with Gasteiger partial charge in [-0.15, -0.1) is 0 Å². The van der Waals surface area contributed by atoms with Crippen LogP contribution in [0.15, 0.2) is 12.3 Å². The fraction of sp³-hybridized carbons (Fsp3) is 0.545. The minimum Gasteiger partial charge on any atom is -0.345 e. The van der Waals surface area contributed by atoms with Crippen molar-refractivity contribution in [1.82, 2.24) is 4.98 Å². The lowest BCUT2D eigenvalue weighted by Crippen LogP contribution is -2.36. The molecule has 1 aromatic heterocycles. The number of alkyl halides is 3. The van der Waals surface area contributed by atoms with Crippen molar-refractivity contribution in [3.05, 3.63) is 23.6 Å². The molecular formula is C11H15F4N3. The topological polar surface area (TPSA) is 42.2 Å². The average Bonchev–Trinajstić information content (AvgIpc) is 2.27. The van der Waals surface area contributed by atoms with Crippen molar-refractivity contribution >= 4 is 5.82 Å². The van der Waals surface area contributed by atoms with Crippen molar-refractivity contribution in [1.29, 1.82) is 0 Å². The molecule has 0 fully saturated rings. The van der Waals surface area contributed by atoms with E-state index in [-0.39, 0.29) is 24.5 Å². The molecule has 0 radical (unpaired) electrons. The second-order valence-electron chi connectivity index (χ2n) is 3.85. The molecule has 0 saturated carbocycles. The minimum atomic E-state index is -4.40. The van der Waals surface area contributed by atoms with E-state index in [4.69, 9.17) is 5.73 Å². The molecule has 0 bridgehead atoms. The normalized spacial score (nSPS) is 11.7. The van der Waals surface area contributed by atoms with Crippen molar-refractivity contribution in [3.8, 4) is 0 Å². The number of pyridine rings is 1. The van der Waals surface area contributed by atoms with Crippen LogP contribution >= 0.6 is 0 Å². The second kappa shape index (κ2) is 5.99. The minimum absolute atomic E-state index is 0.0761. The van der Waals surface area contributed by atoms with Gasteiger partial charge in [-0.2, -0.15) is 13.2 Å². The van der Waals surface area contributed by atoms with Crippen molar-refractivity contribution in [2.45, 2.75) is 26.1 Å². The first-order chi connectivity index (χ1) is 8.39. The molecule has 0 aromatic carbocycles. The molecule has 0 spiro atoms. The maximum absolute atomic E-state index is 13.9. The lowest BCUT2D eigenvalue weighted by molar-refractivity contribution is -0.119. The SMILES string of the molecule is CCCN(CC(F)(F)F)c1nccc(CN)c1F. The van der Waals surface area contributed by atoms with Crippen LogP contribution in [0.25, 0.3) is 0 Å². The van der Waals surface area contributed by atoms with Crippen LogP contribution < -0.4 is 10.6 Å². The van der Waals surface area contributed by atoms with E-state index in [0.717, 1.165) is 4.90 Å². The van der Waals surface area contributed by atoms with Gasteiger partial charge in [-0.3, -0.25) is 0 Å². The monoisotopic (exact) mass is 265 g/mol. The van der Waals surface area contributed by atoms with Gasteiger partial charge in [0.25, 0.3) is 0 Å². The van der Waals surface area contributed by atoms with Gasteiger partial charge in [-0.05, 0) is 12.5 Å². The first-order valence-corrected chi connectivity index (χ1v) is 5.54. The Bertz CT molecular complexity index is 392. The molecule has 1 aromatic rings. The lowest BCUT2D eigenvalue weighted by Gasteiger charge is -2.25. The molecule has 0 aliphatic heterocycles. The third-order valence-corrected chi connectivity index (χ3v) is 2.33. The predicted octanol–water partition coefficient (Wildman–Crippen LogP) is 2.46. The largest absolute Gasteiger partial charge is 0.405 e. The molecule has 3 nitrogen and oxygen atoms in total. The number of halogens is 4. The maximum atomic E-state index is 13.9. The van der Waals surface area contributed by atoms with Gasteiger partial charge in [0.15, 0.2) is 11.6 Å². The molecule has 0 amide bonds. The van der Waals surface area contributed by atoms with Gasteiger partial charge in [0, 0.05) is 24.8 Å². The first kappa shape index (κ1) is 14.7. The Hall–Kier alpha value is -1.37.